The molecule has 1 amide bonds. The SMILES string of the molecule is CC(C)c1nc(CC(=O)Nc2ccc3c(c2)nc2n3CCCCC2)cs1. The predicted molar refractivity (Wildman–Crippen MR) is 106 cm³/mol. The quantitative estimate of drug-likeness (QED) is 0.736. The van der Waals surface area contributed by atoms with Crippen LogP contribution < -0.4 is 5.32 Å². The highest BCUT2D eigenvalue weighted by molar-refractivity contribution is 7.09. The summed E-state index contributed by atoms with van der Waals surface area (Å²) in [7, 11) is 0. The van der Waals surface area contributed by atoms with E-state index in [1.165, 1.54) is 30.6 Å². The lowest BCUT2D eigenvalue weighted by molar-refractivity contribution is -0.115. The Balaban J connectivity index is 1.49. The summed E-state index contributed by atoms with van der Waals surface area (Å²) in [5.41, 5.74) is 3.78. The van der Waals surface area contributed by atoms with Crippen molar-refractivity contribution < 1.29 is 4.79 Å². The second-order valence-corrected chi connectivity index (χ2v) is 8.14. The Labute approximate surface area is 157 Å². The highest BCUT2D eigenvalue weighted by Gasteiger charge is 2.15. The zero-order valence-corrected chi connectivity index (χ0v) is 16.1. The van der Waals surface area contributed by atoms with Gasteiger partial charge in [-0.2, -0.15) is 0 Å². The highest BCUT2D eigenvalue weighted by atomic mass is 32.1. The first kappa shape index (κ1) is 17.2. The summed E-state index contributed by atoms with van der Waals surface area (Å²) < 4.78 is 2.33. The second-order valence-electron chi connectivity index (χ2n) is 7.25. The zero-order valence-electron chi connectivity index (χ0n) is 15.3. The Morgan fingerprint density at radius 3 is 2.96 bits per heavy atom. The second kappa shape index (κ2) is 7.19. The summed E-state index contributed by atoms with van der Waals surface area (Å²) in [5.74, 6) is 1.53. The van der Waals surface area contributed by atoms with Crippen molar-refractivity contribution in [2.45, 2.75) is 58.4 Å². The summed E-state index contributed by atoms with van der Waals surface area (Å²) in [6.07, 6.45) is 5.04. The smallest absolute Gasteiger partial charge is 0.230 e. The molecule has 0 aliphatic carbocycles. The van der Waals surface area contributed by atoms with Crippen molar-refractivity contribution in [3.63, 3.8) is 0 Å². The Morgan fingerprint density at radius 1 is 1.27 bits per heavy atom. The number of carbonyl (C=O) groups excluding carboxylic acids is 1. The van der Waals surface area contributed by atoms with Gasteiger partial charge in [0.05, 0.1) is 28.2 Å². The van der Waals surface area contributed by atoms with Gasteiger partial charge in [-0.15, -0.1) is 11.3 Å². The first-order chi connectivity index (χ1) is 12.6. The third-order valence-electron chi connectivity index (χ3n) is 4.80. The molecule has 0 unspecified atom stereocenters. The predicted octanol–water partition coefficient (Wildman–Crippen LogP) is 4.52. The normalized spacial score (nSPS) is 14.4. The number of anilines is 1. The minimum absolute atomic E-state index is 0.0364. The standard InChI is InChI=1S/C20H24N4OS/c1-13(2)20-22-15(12-26-20)11-19(25)21-14-7-8-17-16(10-14)23-18-6-4-3-5-9-24(17)18/h7-8,10,12-13H,3-6,9,11H2,1-2H3,(H,21,25). The number of aryl methyl sites for hydroxylation is 2. The van der Waals surface area contributed by atoms with Gasteiger partial charge >= 0.3 is 0 Å². The van der Waals surface area contributed by atoms with Crippen LogP contribution in [0.3, 0.4) is 0 Å². The van der Waals surface area contributed by atoms with E-state index in [0.29, 0.717) is 12.3 Å². The van der Waals surface area contributed by atoms with Gasteiger partial charge in [0.2, 0.25) is 5.91 Å². The van der Waals surface area contributed by atoms with Crippen molar-refractivity contribution in [2.75, 3.05) is 5.32 Å². The van der Waals surface area contributed by atoms with Gasteiger partial charge < -0.3 is 9.88 Å². The molecular weight excluding hydrogens is 344 g/mol. The molecule has 6 heteroatoms. The number of amides is 1. The van der Waals surface area contributed by atoms with Gasteiger partial charge in [-0.3, -0.25) is 4.79 Å². The lowest BCUT2D eigenvalue weighted by Gasteiger charge is -2.06. The van der Waals surface area contributed by atoms with E-state index in [4.69, 9.17) is 4.98 Å². The van der Waals surface area contributed by atoms with Crippen LogP contribution in [0.1, 0.15) is 55.6 Å². The third-order valence-corrected chi connectivity index (χ3v) is 5.99. The van der Waals surface area contributed by atoms with E-state index < -0.39 is 0 Å². The van der Waals surface area contributed by atoms with Crippen LogP contribution >= 0.6 is 11.3 Å². The number of nitrogens with zero attached hydrogens (tertiary/aromatic N) is 3. The summed E-state index contributed by atoms with van der Waals surface area (Å²) in [6, 6.07) is 6.03. The zero-order chi connectivity index (χ0) is 18.1. The molecule has 0 spiro atoms. The van der Waals surface area contributed by atoms with Gasteiger partial charge in [0.25, 0.3) is 0 Å². The Morgan fingerprint density at radius 2 is 2.15 bits per heavy atom. The van der Waals surface area contributed by atoms with Gasteiger partial charge in [0.15, 0.2) is 0 Å². The van der Waals surface area contributed by atoms with Crippen molar-refractivity contribution in [2.24, 2.45) is 0 Å². The maximum absolute atomic E-state index is 12.4. The number of nitrogens with one attached hydrogen (secondary N) is 1. The van der Waals surface area contributed by atoms with E-state index in [-0.39, 0.29) is 5.91 Å². The van der Waals surface area contributed by atoms with Crippen LogP contribution in [0, 0.1) is 0 Å². The minimum atomic E-state index is -0.0364. The maximum atomic E-state index is 12.4. The fourth-order valence-electron chi connectivity index (χ4n) is 3.47. The molecular formula is C20H24N4OS. The van der Waals surface area contributed by atoms with Crippen LogP contribution in [-0.2, 0) is 24.2 Å². The molecule has 2 aromatic heterocycles. The molecule has 0 saturated carbocycles. The lowest BCUT2D eigenvalue weighted by atomic mass is 10.2. The largest absolute Gasteiger partial charge is 0.328 e. The number of imidazole rings is 1. The molecule has 0 radical (unpaired) electrons. The van der Waals surface area contributed by atoms with Crippen LogP contribution in [0.4, 0.5) is 5.69 Å². The van der Waals surface area contributed by atoms with Gasteiger partial charge in [0.1, 0.15) is 5.82 Å². The average Bonchev–Trinajstić information content (AvgIpc) is 3.12. The molecule has 1 aromatic carbocycles. The van der Waals surface area contributed by atoms with Crippen LogP contribution in [0.5, 0.6) is 0 Å². The van der Waals surface area contributed by atoms with Gasteiger partial charge in [-0.25, -0.2) is 9.97 Å². The number of thiazole rings is 1. The maximum Gasteiger partial charge on any atom is 0.230 e. The first-order valence-corrected chi connectivity index (χ1v) is 10.2. The minimum Gasteiger partial charge on any atom is -0.328 e. The summed E-state index contributed by atoms with van der Waals surface area (Å²) in [4.78, 5) is 21.7. The fraction of sp³-hybridized carbons (Fsp3) is 0.450. The van der Waals surface area contributed by atoms with Gasteiger partial charge in [-0.1, -0.05) is 20.3 Å². The van der Waals surface area contributed by atoms with Crippen molar-refractivity contribution in [1.29, 1.82) is 0 Å². The van der Waals surface area contributed by atoms with E-state index in [1.54, 1.807) is 11.3 Å². The van der Waals surface area contributed by atoms with Crippen molar-refractivity contribution >= 4 is 34.0 Å². The first-order valence-electron chi connectivity index (χ1n) is 9.33. The van der Waals surface area contributed by atoms with Crippen LogP contribution in [0.25, 0.3) is 11.0 Å². The molecule has 1 aliphatic rings. The molecule has 1 aliphatic heterocycles. The summed E-state index contributed by atoms with van der Waals surface area (Å²) in [6.45, 7) is 5.27. The molecule has 26 heavy (non-hydrogen) atoms. The van der Waals surface area contributed by atoms with Crippen LogP contribution in [0.15, 0.2) is 23.6 Å². The van der Waals surface area contributed by atoms with E-state index >= 15 is 0 Å². The average molecular weight is 369 g/mol. The van der Waals surface area contributed by atoms with E-state index in [1.807, 2.05) is 17.5 Å². The lowest BCUT2D eigenvalue weighted by Crippen LogP contribution is -2.14. The molecule has 1 N–H and O–H groups in total. The molecule has 0 bridgehead atoms. The van der Waals surface area contributed by atoms with Crippen LogP contribution in [-0.4, -0.2) is 20.4 Å². The third kappa shape index (κ3) is 3.51. The Hall–Kier alpha value is -2.21. The number of benzene rings is 1. The number of fused-ring (bicyclic) bond motifs is 3. The molecule has 0 fully saturated rings. The molecule has 5 nitrogen and oxygen atoms in total. The van der Waals surface area contributed by atoms with E-state index in [9.17, 15) is 4.79 Å². The molecule has 3 heterocycles. The molecule has 3 aromatic rings. The number of aromatic nitrogens is 3. The Kier molecular flexibility index (Phi) is 4.76. The fourth-order valence-corrected chi connectivity index (χ4v) is 4.30. The van der Waals surface area contributed by atoms with Crippen LogP contribution in [0.2, 0.25) is 0 Å². The Bertz CT molecular complexity index is 941. The topological polar surface area (TPSA) is 59.8 Å². The van der Waals surface area contributed by atoms with E-state index in [0.717, 1.165) is 34.9 Å². The molecule has 0 atom stereocenters. The molecule has 136 valence electrons. The van der Waals surface area contributed by atoms with Gasteiger partial charge in [-0.05, 0) is 31.0 Å². The molecule has 0 saturated heterocycles. The highest BCUT2D eigenvalue weighted by Crippen LogP contribution is 2.25. The number of hydrogen-bond donors (Lipinski definition) is 1. The summed E-state index contributed by atoms with van der Waals surface area (Å²) >= 11 is 1.62. The van der Waals surface area contributed by atoms with Crippen molar-refractivity contribution in [3.05, 3.63) is 40.1 Å². The van der Waals surface area contributed by atoms with Crippen molar-refractivity contribution in [3.8, 4) is 0 Å². The molecule has 4 rings (SSSR count). The van der Waals surface area contributed by atoms with Crippen molar-refractivity contribution in [1.82, 2.24) is 14.5 Å². The van der Waals surface area contributed by atoms with Gasteiger partial charge in [0, 0.05) is 30.0 Å². The number of rotatable bonds is 4. The van der Waals surface area contributed by atoms with E-state index in [2.05, 4.69) is 34.8 Å². The monoisotopic (exact) mass is 368 g/mol. The number of hydrogen-bond acceptors (Lipinski definition) is 4. The summed E-state index contributed by atoms with van der Waals surface area (Å²) in [5, 5.41) is 6.04. The number of carbonyl (C=O) groups is 1.